The Morgan fingerprint density at radius 1 is 1.20 bits per heavy atom. The summed E-state index contributed by atoms with van der Waals surface area (Å²) in [6.45, 7) is 2.97. The molecule has 136 valence electrons. The van der Waals surface area contributed by atoms with E-state index in [2.05, 4.69) is 11.0 Å². The van der Waals surface area contributed by atoms with Crippen LogP contribution in [0, 0.1) is 5.92 Å². The van der Waals surface area contributed by atoms with Crippen LogP contribution in [0.5, 0.6) is 11.5 Å². The van der Waals surface area contributed by atoms with Crippen molar-refractivity contribution < 1.29 is 17.9 Å². The van der Waals surface area contributed by atoms with Gasteiger partial charge in [-0.05, 0) is 43.2 Å². The van der Waals surface area contributed by atoms with Crippen LogP contribution in [0.2, 0.25) is 0 Å². The molecule has 0 spiro atoms. The van der Waals surface area contributed by atoms with Crippen molar-refractivity contribution in [2.75, 3.05) is 32.7 Å². The van der Waals surface area contributed by atoms with E-state index in [0.29, 0.717) is 19.3 Å². The monoisotopic (exact) mass is 364 g/mol. The summed E-state index contributed by atoms with van der Waals surface area (Å²) in [5.41, 5.74) is 2.56. The fourth-order valence-corrected chi connectivity index (χ4v) is 6.50. The lowest BCUT2D eigenvalue weighted by Crippen LogP contribution is -2.57. The second-order valence-electron chi connectivity index (χ2n) is 7.71. The van der Waals surface area contributed by atoms with Gasteiger partial charge in [0.25, 0.3) is 0 Å². The molecule has 4 aliphatic rings. The smallest absolute Gasteiger partial charge is 0.231 e. The highest BCUT2D eigenvalue weighted by Gasteiger charge is 2.45. The maximum absolute atomic E-state index is 12.3. The van der Waals surface area contributed by atoms with Crippen molar-refractivity contribution in [3.63, 3.8) is 0 Å². The summed E-state index contributed by atoms with van der Waals surface area (Å²) in [5.74, 6) is 2.20. The quantitative estimate of drug-likeness (QED) is 0.760. The zero-order chi connectivity index (χ0) is 17.2. The molecule has 0 radical (unpaired) electrons. The van der Waals surface area contributed by atoms with Crippen molar-refractivity contribution in [2.24, 2.45) is 5.92 Å². The molecule has 3 unspecified atom stereocenters. The molecule has 3 atom stereocenters. The topological polar surface area (TPSA) is 59.1 Å². The average Bonchev–Trinajstić information content (AvgIpc) is 3.07. The number of nitrogens with zero attached hydrogens (tertiary/aromatic N) is 2. The number of hydrogen-bond donors (Lipinski definition) is 0. The normalized spacial score (nSPS) is 32.0. The molecule has 0 amide bonds. The van der Waals surface area contributed by atoms with E-state index >= 15 is 0 Å². The van der Waals surface area contributed by atoms with Gasteiger partial charge in [0.15, 0.2) is 11.5 Å². The summed E-state index contributed by atoms with van der Waals surface area (Å²) >= 11 is 0. The molecule has 0 bridgehead atoms. The predicted octanol–water partition coefficient (Wildman–Crippen LogP) is 1.76. The van der Waals surface area contributed by atoms with Gasteiger partial charge in [0, 0.05) is 37.3 Å². The summed E-state index contributed by atoms with van der Waals surface area (Å²) in [5, 5.41) is 0. The van der Waals surface area contributed by atoms with Gasteiger partial charge < -0.3 is 9.47 Å². The largest absolute Gasteiger partial charge is 0.454 e. The molecule has 2 fully saturated rings. The highest BCUT2D eigenvalue weighted by Crippen LogP contribution is 2.48. The molecule has 4 aliphatic heterocycles. The summed E-state index contributed by atoms with van der Waals surface area (Å²) in [6, 6.07) is 4.57. The molecule has 5 rings (SSSR count). The molecule has 1 aromatic rings. The Kier molecular flexibility index (Phi) is 3.56. The number of piperidine rings is 2. The van der Waals surface area contributed by atoms with E-state index in [1.807, 2.05) is 6.07 Å². The van der Waals surface area contributed by atoms with Crippen LogP contribution in [-0.4, -0.2) is 56.3 Å². The molecule has 25 heavy (non-hydrogen) atoms. The first-order valence-corrected chi connectivity index (χ1v) is 11.0. The first kappa shape index (κ1) is 15.9. The molecule has 7 heteroatoms. The van der Waals surface area contributed by atoms with Crippen LogP contribution >= 0.6 is 0 Å². The predicted molar refractivity (Wildman–Crippen MR) is 93.3 cm³/mol. The number of benzene rings is 1. The first-order chi connectivity index (χ1) is 12.0. The number of ether oxygens (including phenoxy) is 2. The molecule has 0 N–H and O–H groups in total. The van der Waals surface area contributed by atoms with E-state index in [1.54, 1.807) is 4.31 Å². The summed E-state index contributed by atoms with van der Waals surface area (Å²) < 4.78 is 37.6. The van der Waals surface area contributed by atoms with Crippen molar-refractivity contribution in [1.82, 2.24) is 9.21 Å². The van der Waals surface area contributed by atoms with Gasteiger partial charge in [-0.2, -0.15) is 4.31 Å². The Morgan fingerprint density at radius 3 is 2.92 bits per heavy atom. The van der Waals surface area contributed by atoms with Crippen LogP contribution < -0.4 is 9.47 Å². The van der Waals surface area contributed by atoms with E-state index in [1.165, 1.54) is 17.4 Å². The second-order valence-corrected chi connectivity index (χ2v) is 9.64. The number of hydrogen-bond acceptors (Lipinski definition) is 5. The number of rotatable bonds is 1. The Morgan fingerprint density at radius 2 is 2.08 bits per heavy atom. The highest BCUT2D eigenvalue weighted by molar-refractivity contribution is 7.88. The van der Waals surface area contributed by atoms with Crippen LogP contribution in [0.1, 0.15) is 36.4 Å². The molecule has 2 saturated heterocycles. The minimum Gasteiger partial charge on any atom is -0.454 e. The lowest BCUT2D eigenvalue weighted by molar-refractivity contribution is 0.0219. The minimum atomic E-state index is -3.15. The number of sulfonamides is 1. The third-order valence-corrected chi connectivity index (χ3v) is 7.66. The zero-order valence-electron chi connectivity index (χ0n) is 14.5. The zero-order valence-corrected chi connectivity index (χ0v) is 15.3. The Labute approximate surface area is 148 Å². The van der Waals surface area contributed by atoms with Gasteiger partial charge in [-0.15, -0.1) is 0 Å². The van der Waals surface area contributed by atoms with Gasteiger partial charge >= 0.3 is 0 Å². The van der Waals surface area contributed by atoms with Gasteiger partial charge in [-0.25, -0.2) is 8.42 Å². The SMILES string of the molecule is CS(=O)(=O)N1CCCC2CN3CCc4c(ccc5c4OCO5)C3CC21. The van der Waals surface area contributed by atoms with E-state index < -0.39 is 10.0 Å². The lowest BCUT2D eigenvalue weighted by Gasteiger charge is -2.51. The fourth-order valence-electron chi connectivity index (χ4n) is 5.29. The van der Waals surface area contributed by atoms with Crippen LogP contribution in [0.15, 0.2) is 12.1 Å². The minimum absolute atomic E-state index is 0.126. The summed E-state index contributed by atoms with van der Waals surface area (Å²) in [6.07, 6.45) is 5.32. The van der Waals surface area contributed by atoms with Crippen LogP contribution in [-0.2, 0) is 16.4 Å². The molecular weight excluding hydrogens is 340 g/mol. The molecule has 0 aliphatic carbocycles. The molecular formula is C18H24N2O4S. The standard InChI is InChI=1S/C18H24N2O4S/c1-25(21,22)20-7-2-3-12-10-19-8-6-14-13(16(19)9-15(12)20)4-5-17-18(14)24-11-23-17/h4-5,12,15-16H,2-3,6-11H2,1H3. The molecule has 4 heterocycles. The maximum Gasteiger partial charge on any atom is 0.231 e. The van der Waals surface area contributed by atoms with E-state index in [0.717, 1.165) is 50.3 Å². The van der Waals surface area contributed by atoms with Crippen LogP contribution in [0.4, 0.5) is 0 Å². The van der Waals surface area contributed by atoms with Gasteiger partial charge in [0.1, 0.15) is 0 Å². The van der Waals surface area contributed by atoms with Crippen molar-refractivity contribution in [1.29, 1.82) is 0 Å². The molecule has 6 nitrogen and oxygen atoms in total. The van der Waals surface area contributed by atoms with Gasteiger partial charge in [0.2, 0.25) is 16.8 Å². The van der Waals surface area contributed by atoms with Crippen LogP contribution in [0.3, 0.4) is 0 Å². The molecule has 1 aromatic carbocycles. The molecule has 0 saturated carbocycles. The van der Waals surface area contributed by atoms with Crippen molar-refractivity contribution in [3.8, 4) is 11.5 Å². The van der Waals surface area contributed by atoms with E-state index in [-0.39, 0.29) is 12.1 Å². The fraction of sp³-hybridized carbons (Fsp3) is 0.667. The summed E-state index contributed by atoms with van der Waals surface area (Å²) in [4.78, 5) is 2.55. The third-order valence-electron chi connectivity index (χ3n) is 6.35. The number of fused-ring (bicyclic) bond motifs is 6. The van der Waals surface area contributed by atoms with Crippen molar-refractivity contribution >= 4 is 10.0 Å². The van der Waals surface area contributed by atoms with E-state index in [4.69, 9.17) is 9.47 Å². The summed E-state index contributed by atoms with van der Waals surface area (Å²) in [7, 11) is -3.15. The third kappa shape index (κ3) is 2.47. The van der Waals surface area contributed by atoms with Crippen molar-refractivity contribution in [3.05, 3.63) is 23.3 Å². The Hall–Kier alpha value is -1.31. The van der Waals surface area contributed by atoms with Crippen LogP contribution in [0.25, 0.3) is 0 Å². The Bertz CT molecular complexity index is 810. The van der Waals surface area contributed by atoms with E-state index in [9.17, 15) is 8.42 Å². The second kappa shape index (κ2) is 5.59. The van der Waals surface area contributed by atoms with Gasteiger partial charge in [0.05, 0.1) is 6.26 Å². The average molecular weight is 364 g/mol. The highest BCUT2D eigenvalue weighted by atomic mass is 32.2. The van der Waals surface area contributed by atoms with Gasteiger partial charge in [-0.3, -0.25) is 4.90 Å². The maximum atomic E-state index is 12.3. The van der Waals surface area contributed by atoms with Crippen molar-refractivity contribution in [2.45, 2.75) is 37.8 Å². The first-order valence-electron chi connectivity index (χ1n) is 9.14. The Balaban J connectivity index is 1.51. The lowest BCUT2D eigenvalue weighted by atomic mass is 9.77. The van der Waals surface area contributed by atoms with Gasteiger partial charge in [-0.1, -0.05) is 6.07 Å². The molecule has 0 aromatic heterocycles.